The van der Waals surface area contributed by atoms with Crippen molar-refractivity contribution >= 4 is 33.3 Å². The molecular formula is C33H42ClN3O6S. The number of allylic oxidation sites excluding steroid dienone is 1. The number of methoxy groups -OCH3 is 2. The van der Waals surface area contributed by atoms with Crippen LogP contribution in [0.15, 0.2) is 42.5 Å². The smallest absolute Gasteiger partial charge is 0.283 e. The molecule has 0 saturated heterocycles. The molecule has 1 saturated carbocycles. The molecule has 2 aromatic rings. The minimum absolute atomic E-state index is 0.0350. The minimum Gasteiger partial charge on any atom is -0.489 e. The number of amides is 1. The maximum absolute atomic E-state index is 13.4. The number of aryl methyl sites for hydroxylation is 1. The summed E-state index contributed by atoms with van der Waals surface area (Å²) in [5.74, 6) is -0.534. The average molecular weight is 644 g/mol. The largest absolute Gasteiger partial charge is 0.489 e. The summed E-state index contributed by atoms with van der Waals surface area (Å²) in [5.41, 5.74) is 2.19. The van der Waals surface area contributed by atoms with E-state index in [1.54, 1.807) is 33.3 Å². The van der Waals surface area contributed by atoms with Gasteiger partial charge >= 0.3 is 0 Å². The number of hydrogen-bond acceptors (Lipinski definition) is 8. The Labute approximate surface area is 265 Å². The zero-order valence-electron chi connectivity index (χ0n) is 25.8. The summed E-state index contributed by atoms with van der Waals surface area (Å²) < 4.78 is 47.5. The molecular weight excluding hydrogens is 602 g/mol. The van der Waals surface area contributed by atoms with E-state index in [0.29, 0.717) is 37.7 Å². The molecule has 1 aromatic carbocycles. The maximum atomic E-state index is 13.4. The number of carbonyl (C=O) groups is 1. The lowest BCUT2D eigenvalue weighted by Crippen LogP contribution is -2.54. The van der Waals surface area contributed by atoms with Crippen molar-refractivity contribution in [1.29, 1.82) is 0 Å². The molecule has 4 aliphatic rings. The molecule has 2 bridgehead atoms. The predicted molar refractivity (Wildman–Crippen MR) is 170 cm³/mol. The Balaban J connectivity index is 1.46. The van der Waals surface area contributed by atoms with Crippen LogP contribution in [0.3, 0.4) is 0 Å². The van der Waals surface area contributed by atoms with Gasteiger partial charge in [0.2, 0.25) is 10.0 Å². The highest BCUT2D eigenvalue weighted by Gasteiger charge is 2.49. The Kier molecular flexibility index (Phi) is 8.49. The molecule has 2 aliphatic heterocycles. The van der Waals surface area contributed by atoms with Crippen LogP contribution in [0.4, 0.5) is 5.82 Å². The van der Waals surface area contributed by atoms with Gasteiger partial charge in [0.1, 0.15) is 5.69 Å². The van der Waals surface area contributed by atoms with Crippen molar-refractivity contribution in [2.75, 3.05) is 38.8 Å². The summed E-state index contributed by atoms with van der Waals surface area (Å²) in [6, 6.07) is 9.42. The first-order valence-electron chi connectivity index (χ1n) is 15.5. The van der Waals surface area contributed by atoms with Gasteiger partial charge in [-0.25, -0.2) is 18.1 Å². The molecule has 1 aromatic heterocycles. The summed E-state index contributed by atoms with van der Waals surface area (Å²) in [7, 11) is -0.652. The van der Waals surface area contributed by atoms with Gasteiger partial charge in [0.05, 0.1) is 11.9 Å². The monoisotopic (exact) mass is 643 g/mol. The molecule has 9 nitrogen and oxygen atoms in total. The first-order valence-corrected chi connectivity index (χ1v) is 17.4. The molecule has 238 valence electrons. The fraction of sp³-hybridized carbons (Fsp3) is 0.576. The second kappa shape index (κ2) is 11.9. The molecule has 1 spiro atoms. The van der Waals surface area contributed by atoms with E-state index in [2.05, 4.69) is 21.8 Å². The molecule has 44 heavy (non-hydrogen) atoms. The van der Waals surface area contributed by atoms with Crippen molar-refractivity contribution in [3.05, 3.63) is 64.3 Å². The number of aromatic nitrogens is 1. The summed E-state index contributed by atoms with van der Waals surface area (Å²) in [5, 5.41) is -0.0965. The summed E-state index contributed by atoms with van der Waals surface area (Å²) in [4.78, 5) is 20.4. The topological polar surface area (TPSA) is 107 Å². The van der Waals surface area contributed by atoms with E-state index in [1.807, 2.05) is 25.1 Å². The van der Waals surface area contributed by atoms with Crippen LogP contribution in [0.2, 0.25) is 5.02 Å². The average Bonchev–Trinajstić information content (AvgIpc) is 3.14. The van der Waals surface area contributed by atoms with E-state index >= 15 is 0 Å². The second-order valence-corrected chi connectivity index (χ2v) is 15.5. The van der Waals surface area contributed by atoms with Crippen molar-refractivity contribution in [2.24, 2.45) is 17.8 Å². The number of anilines is 1. The lowest BCUT2D eigenvalue weighted by Gasteiger charge is -2.49. The number of rotatable bonds is 2. The molecule has 6 rings (SSSR count). The number of hydrogen-bond donors (Lipinski definition) is 1. The third-order valence-corrected chi connectivity index (χ3v) is 12.7. The van der Waals surface area contributed by atoms with Gasteiger partial charge in [0.25, 0.3) is 5.91 Å². The minimum atomic E-state index is -3.98. The number of nitrogens with one attached hydrogen (secondary N) is 1. The molecule has 11 heteroatoms. The lowest BCUT2D eigenvalue weighted by molar-refractivity contribution is -0.233. The summed E-state index contributed by atoms with van der Waals surface area (Å²) in [6.45, 7) is 5.22. The van der Waals surface area contributed by atoms with Crippen LogP contribution in [0.25, 0.3) is 0 Å². The van der Waals surface area contributed by atoms with Crippen LogP contribution >= 0.6 is 11.6 Å². The van der Waals surface area contributed by atoms with E-state index < -0.39 is 27.0 Å². The molecule has 5 atom stereocenters. The highest BCUT2D eigenvalue weighted by Crippen LogP contribution is 2.48. The Bertz CT molecular complexity index is 1560. The van der Waals surface area contributed by atoms with Gasteiger partial charge in [-0.3, -0.25) is 4.79 Å². The first-order chi connectivity index (χ1) is 21.0. The van der Waals surface area contributed by atoms with Gasteiger partial charge < -0.3 is 19.1 Å². The van der Waals surface area contributed by atoms with Crippen molar-refractivity contribution in [3.63, 3.8) is 0 Å². The molecule has 2 aliphatic carbocycles. The quantitative estimate of drug-likeness (QED) is 0.349. The number of benzene rings is 1. The molecule has 1 fully saturated rings. The van der Waals surface area contributed by atoms with E-state index in [4.69, 9.17) is 30.8 Å². The Morgan fingerprint density at radius 2 is 1.93 bits per heavy atom. The van der Waals surface area contributed by atoms with Gasteiger partial charge in [-0.05, 0) is 98.8 Å². The molecule has 1 amide bonds. The fourth-order valence-electron chi connectivity index (χ4n) is 7.57. The van der Waals surface area contributed by atoms with Gasteiger partial charge in [0.15, 0.2) is 17.4 Å². The first kappa shape index (κ1) is 31.3. The fourth-order valence-corrected chi connectivity index (χ4v) is 9.04. The highest BCUT2D eigenvalue weighted by molar-refractivity contribution is 7.90. The molecule has 0 radical (unpaired) electrons. The Morgan fingerprint density at radius 1 is 1.14 bits per heavy atom. The second-order valence-electron chi connectivity index (χ2n) is 13.0. The van der Waals surface area contributed by atoms with Crippen molar-refractivity contribution < 1.29 is 27.4 Å². The number of ether oxygens (including phenoxy) is 3. The third kappa shape index (κ3) is 5.52. The number of nitrogens with zero attached hydrogens (tertiary/aromatic N) is 2. The van der Waals surface area contributed by atoms with Gasteiger partial charge in [-0.15, -0.1) is 0 Å². The van der Waals surface area contributed by atoms with E-state index in [0.717, 1.165) is 37.1 Å². The number of pyridine rings is 1. The van der Waals surface area contributed by atoms with Gasteiger partial charge in [-0.2, -0.15) is 0 Å². The summed E-state index contributed by atoms with van der Waals surface area (Å²) >= 11 is 6.41. The number of fused-ring (bicyclic) bond motifs is 4. The van der Waals surface area contributed by atoms with E-state index in [1.165, 1.54) is 11.1 Å². The van der Waals surface area contributed by atoms with Gasteiger partial charge in [0, 0.05) is 43.7 Å². The van der Waals surface area contributed by atoms with E-state index in [-0.39, 0.29) is 28.9 Å². The Morgan fingerprint density at radius 3 is 2.66 bits per heavy atom. The SMILES string of the molecule is COC1(OC)/C=C/C[C@H](C)[C@@H](C)S(=O)(=O)NC(=O)c2ccc3c(n2)N(C[C@@H]2CC[C@H]21)C[C@@]1(CCCc2cc(Cl)ccc21)CO3. The van der Waals surface area contributed by atoms with Crippen LogP contribution < -0.4 is 14.4 Å². The van der Waals surface area contributed by atoms with Crippen LogP contribution in [-0.4, -0.2) is 64.3 Å². The third-order valence-electron chi connectivity index (χ3n) is 10.5. The number of halogens is 1. The van der Waals surface area contributed by atoms with Crippen molar-refractivity contribution in [1.82, 2.24) is 9.71 Å². The predicted octanol–water partition coefficient (Wildman–Crippen LogP) is 5.27. The van der Waals surface area contributed by atoms with Crippen LogP contribution in [0.5, 0.6) is 5.75 Å². The van der Waals surface area contributed by atoms with Crippen molar-refractivity contribution in [3.8, 4) is 5.75 Å². The van der Waals surface area contributed by atoms with Crippen LogP contribution in [0.1, 0.15) is 67.6 Å². The van der Waals surface area contributed by atoms with E-state index in [9.17, 15) is 13.2 Å². The normalized spacial score (nSPS) is 31.8. The van der Waals surface area contributed by atoms with Crippen LogP contribution in [-0.2, 0) is 31.3 Å². The zero-order chi connectivity index (χ0) is 31.3. The zero-order valence-corrected chi connectivity index (χ0v) is 27.4. The standard InChI is InChI=1S/C33H42ClN3O6S/c1-21-7-5-16-33(41-3,42-4)27-11-9-24(27)18-37-19-32(15-6-8-23-17-25(34)10-12-26(23)32)20-43-29-14-13-28(35-30(29)37)31(38)36-44(39,40)22(21)2/h5,10,12-14,16-17,21-22,24,27H,6-9,11,15,18-20H2,1-4H3,(H,36,38)/b16-5+/t21-,22+,24-,27+,32-/m0/s1. The summed E-state index contributed by atoms with van der Waals surface area (Å²) in [6.07, 6.45) is 9.20. The number of sulfonamides is 1. The lowest BCUT2D eigenvalue weighted by atomic mass is 9.67. The van der Waals surface area contributed by atoms with Crippen LogP contribution in [0, 0.1) is 17.8 Å². The van der Waals surface area contributed by atoms with Crippen molar-refractivity contribution in [2.45, 2.75) is 68.8 Å². The molecule has 3 heterocycles. The Hall–Kier alpha value is -2.66. The molecule has 0 unspecified atom stereocenters. The highest BCUT2D eigenvalue weighted by atomic mass is 35.5. The molecule has 1 N–H and O–H groups in total. The van der Waals surface area contributed by atoms with Gasteiger partial charge in [-0.1, -0.05) is 30.7 Å². The number of carbonyl (C=O) groups excluding carboxylic acids is 1. The maximum Gasteiger partial charge on any atom is 0.283 e.